The number of anilines is 1. The third kappa shape index (κ3) is 5.80. The molecule has 2 aromatic carbocycles. The van der Waals surface area contributed by atoms with E-state index >= 15 is 0 Å². The van der Waals surface area contributed by atoms with Crippen molar-refractivity contribution in [2.75, 3.05) is 5.32 Å². The minimum Gasteiger partial charge on any atom is -0.331 e. The summed E-state index contributed by atoms with van der Waals surface area (Å²) in [6, 6.07) is 12.1. The van der Waals surface area contributed by atoms with Crippen molar-refractivity contribution < 1.29 is 13.2 Å². The van der Waals surface area contributed by atoms with Crippen LogP contribution in [0.4, 0.5) is 5.69 Å². The fourth-order valence-corrected chi connectivity index (χ4v) is 4.58. The summed E-state index contributed by atoms with van der Waals surface area (Å²) in [5, 5.41) is 2.85. The minimum absolute atomic E-state index is 0.0595. The van der Waals surface area contributed by atoms with E-state index in [0.29, 0.717) is 23.4 Å². The number of benzene rings is 2. The summed E-state index contributed by atoms with van der Waals surface area (Å²) in [5.74, 6) is 0.576. The molecule has 0 aliphatic rings. The van der Waals surface area contributed by atoms with Crippen molar-refractivity contribution in [2.24, 2.45) is 0 Å². The van der Waals surface area contributed by atoms with E-state index in [1.54, 1.807) is 40.0 Å². The van der Waals surface area contributed by atoms with E-state index in [9.17, 15) is 13.2 Å². The maximum Gasteiger partial charge on any atom is 0.255 e. The Balaban J connectivity index is 1.76. The summed E-state index contributed by atoms with van der Waals surface area (Å²) < 4.78 is 29.9. The van der Waals surface area contributed by atoms with Gasteiger partial charge in [-0.3, -0.25) is 4.79 Å². The topological polar surface area (TPSA) is 93.1 Å². The molecule has 3 rings (SSSR count). The lowest BCUT2D eigenvalue weighted by atomic mass is 10.1. The Labute approximate surface area is 183 Å². The quantitative estimate of drug-likeness (QED) is 0.608. The number of aryl methyl sites for hydroxylation is 2. The average Bonchev–Trinajstić information content (AvgIpc) is 3.06. The number of sulfonamides is 1. The maximum absolute atomic E-state index is 12.8. The van der Waals surface area contributed by atoms with Crippen molar-refractivity contribution in [2.45, 2.75) is 51.6 Å². The lowest BCUT2D eigenvalue weighted by molar-refractivity contribution is 0.102. The van der Waals surface area contributed by atoms with Crippen molar-refractivity contribution in [3.05, 3.63) is 77.4 Å². The number of nitrogens with zero attached hydrogens (tertiary/aromatic N) is 2. The number of rotatable bonds is 6. The van der Waals surface area contributed by atoms with Gasteiger partial charge in [-0.2, -0.15) is 0 Å². The van der Waals surface area contributed by atoms with Gasteiger partial charge < -0.3 is 9.88 Å². The first-order valence-corrected chi connectivity index (χ1v) is 11.5. The molecule has 0 bridgehead atoms. The Morgan fingerprint density at radius 2 is 1.74 bits per heavy atom. The van der Waals surface area contributed by atoms with E-state index in [2.05, 4.69) is 15.0 Å². The van der Waals surface area contributed by atoms with Crippen molar-refractivity contribution in [3.63, 3.8) is 0 Å². The van der Waals surface area contributed by atoms with Crippen LogP contribution in [0.3, 0.4) is 0 Å². The van der Waals surface area contributed by atoms with E-state index in [1.807, 2.05) is 42.0 Å². The number of carbonyl (C=O) groups excluding carboxylic acids is 1. The Hall–Kier alpha value is -2.97. The zero-order valence-electron chi connectivity index (χ0n) is 18.4. The number of aromatic nitrogens is 2. The Morgan fingerprint density at radius 1 is 1.06 bits per heavy atom. The van der Waals surface area contributed by atoms with Gasteiger partial charge in [-0.15, -0.1) is 0 Å². The first kappa shape index (κ1) is 22.7. The largest absolute Gasteiger partial charge is 0.331 e. The van der Waals surface area contributed by atoms with E-state index < -0.39 is 15.6 Å². The van der Waals surface area contributed by atoms with E-state index in [1.165, 1.54) is 12.1 Å². The molecule has 0 spiro atoms. The molecule has 1 heterocycles. The summed E-state index contributed by atoms with van der Waals surface area (Å²) in [5.41, 5.74) is 2.10. The van der Waals surface area contributed by atoms with Crippen LogP contribution >= 0.6 is 0 Å². The lowest BCUT2D eigenvalue weighted by Gasteiger charge is -2.20. The van der Waals surface area contributed by atoms with Gasteiger partial charge in [0.05, 0.1) is 4.90 Å². The van der Waals surface area contributed by atoms with Crippen LogP contribution in [-0.2, 0) is 16.6 Å². The molecular weight excluding hydrogens is 412 g/mol. The highest BCUT2D eigenvalue weighted by molar-refractivity contribution is 7.89. The Morgan fingerprint density at radius 3 is 2.32 bits per heavy atom. The van der Waals surface area contributed by atoms with Gasteiger partial charge in [0.1, 0.15) is 5.82 Å². The molecular formula is C23H28N4O3S. The van der Waals surface area contributed by atoms with Gasteiger partial charge >= 0.3 is 0 Å². The molecule has 0 aliphatic carbocycles. The van der Waals surface area contributed by atoms with Gasteiger partial charge in [0, 0.05) is 35.7 Å². The standard InChI is InChI=1S/C23H28N4O3S/c1-16-6-11-20(31(29,30)26-23(3,4)5)14-21(16)22(28)25-19-9-7-18(8-10-19)15-27-13-12-24-17(27)2/h6-14,26H,15H2,1-5H3,(H,25,28). The number of imidazole rings is 1. The maximum atomic E-state index is 12.8. The second kappa shape index (κ2) is 8.64. The van der Waals surface area contributed by atoms with Gasteiger partial charge in [-0.25, -0.2) is 18.1 Å². The van der Waals surface area contributed by atoms with Crippen LogP contribution in [0, 0.1) is 13.8 Å². The van der Waals surface area contributed by atoms with Gasteiger partial charge in [-0.05, 0) is 70.0 Å². The molecule has 0 atom stereocenters. The molecule has 0 radical (unpaired) electrons. The van der Waals surface area contributed by atoms with Gasteiger partial charge in [0.25, 0.3) is 5.91 Å². The molecule has 1 aromatic heterocycles. The third-order valence-corrected chi connectivity index (χ3v) is 6.45. The van der Waals surface area contributed by atoms with Crippen LogP contribution in [-0.4, -0.2) is 29.4 Å². The zero-order valence-corrected chi connectivity index (χ0v) is 19.2. The number of nitrogens with one attached hydrogen (secondary N) is 2. The molecule has 0 unspecified atom stereocenters. The first-order chi connectivity index (χ1) is 14.4. The molecule has 31 heavy (non-hydrogen) atoms. The van der Waals surface area contributed by atoms with E-state index in [0.717, 1.165) is 11.4 Å². The smallest absolute Gasteiger partial charge is 0.255 e. The van der Waals surface area contributed by atoms with Crippen molar-refractivity contribution in [3.8, 4) is 0 Å². The molecule has 8 heteroatoms. The van der Waals surface area contributed by atoms with Crippen LogP contribution < -0.4 is 10.0 Å². The fourth-order valence-electron chi connectivity index (χ4n) is 3.13. The molecule has 0 fully saturated rings. The van der Waals surface area contributed by atoms with Gasteiger partial charge in [0.2, 0.25) is 10.0 Å². The zero-order chi connectivity index (χ0) is 22.8. The van der Waals surface area contributed by atoms with Crippen molar-refractivity contribution in [1.29, 1.82) is 0 Å². The number of hydrogen-bond donors (Lipinski definition) is 2. The molecule has 164 valence electrons. The van der Waals surface area contributed by atoms with Crippen LogP contribution in [0.2, 0.25) is 0 Å². The first-order valence-electron chi connectivity index (χ1n) is 9.97. The third-order valence-electron chi connectivity index (χ3n) is 4.69. The summed E-state index contributed by atoms with van der Waals surface area (Å²) >= 11 is 0. The average molecular weight is 441 g/mol. The Kier molecular flexibility index (Phi) is 6.33. The molecule has 0 saturated carbocycles. The van der Waals surface area contributed by atoms with Crippen molar-refractivity contribution in [1.82, 2.24) is 14.3 Å². The Bertz CT molecular complexity index is 1190. The normalized spacial score (nSPS) is 12.0. The lowest BCUT2D eigenvalue weighted by Crippen LogP contribution is -2.40. The minimum atomic E-state index is -3.74. The van der Waals surface area contributed by atoms with Crippen LogP contribution in [0.1, 0.15) is 48.1 Å². The predicted octanol–water partition coefficient (Wildman–Crippen LogP) is 3.88. The SMILES string of the molecule is Cc1ccc(S(=O)(=O)NC(C)(C)C)cc1C(=O)Nc1ccc(Cn2ccnc2C)cc1. The van der Waals surface area contributed by atoms with Gasteiger partial charge in [0.15, 0.2) is 0 Å². The molecule has 0 aliphatic heterocycles. The number of hydrogen-bond acceptors (Lipinski definition) is 4. The molecule has 2 N–H and O–H groups in total. The van der Waals surface area contributed by atoms with E-state index in [4.69, 9.17) is 0 Å². The van der Waals surface area contributed by atoms with Crippen molar-refractivity contribution >= 4 is 21.6 Å². The summed E-state index contributed by atoms with van der Waals surface area (Å²) in [7, 11) is -3.74. The van der Waals surface area contributed by atoms with Gasteiger partial charge in [-0.1, -0.05) is 18.2 Å². The molecule has 1 amide bonds. The number of carbonyl (C=O) groups is 1. The highest BCUT2D eigenvalue weighted by atomic mass is 32.2. The summed E-state index contributed by atoms with van der Waals surface area (Å²) in [6.45, 7) is 9.72. The van der Waals surface area contributed by atoms with Crippen LogP contribution in [0.15, 0.2) is 59.8 Å². The second-order valence-corrected chi connectivity index (χ2v) is 10.3. The van der Waals surface area contributed by atoms with Crippen LogP contribution in [0.25, 0.3) is 0 Å². The summed E-state index contributed by atoms with van der Waals surface area (Å²) in [4.78, 5) is 17.1. The molecule has 7 nitrogen and oxygen atoms in total. The second-order valence-electron chi connectivity index (χ2n) is 8.59. The van der Waals surface area contributed by atoms with E-state index in [-0.39, 0.29) is 10.8 Å². The molecule has 3 aromatic rings. The monoisotopic (exact) mass is 440 g/mol. The van der Waals surface area contributed by atoms with Crippen LogP contribution in [0.5, 0.6) is 0 Å². The highest BCUT2D eigenvalue weighted by Crippen LogP contribution is 2.20. The molecule has 0 saturated heterocycles. The number of amides is 1. The summed E-state index contributed by atoms with van der Waals surface area (Å²) in [6.07, 6.45) is 3.68. The fraction of sp³-hybridized carbons (Fsp3) is 0.304. The highest BCUT2D eigenvalue weighted by Gasteiger charge is 2.23. The predicted molar refractivity (Wildman–Crippen MR) is 122 cm³/mol.